The third kappa shape index (κ3) is 2.94. The maximum atomic E-state index is 11.3. The Kier molecular flexibility index (Phi) is 3.89. The number of fused-ring (bicyclic) bond motifs is 1. The lowest BCUT2D eigenvalue weighted by molar-refractivity contribution is -0.116. The summed E-state index contributed by atoms with van der Waals surface area (Å²) in [5, 5.41) is 12.9. The standard InChI is InChI=1S/C15H19NO4/c17-14(11-5-6-19-8-11)9-20-12-2-3-13-10(7-12)1-4-15(18)16-13/h2-3,7,11,14,17H,1,4-6,8-9H2,(H,16,18). The predicted molar refractivity (Wildman–Crippen MR) is 73.8 cm³/mol. The van der Waals surface area contributed by atoms with Gasteiger partial charge in [0.25, 0.3) is 0 Å². The summed E-state index contributed by atoms with van der Waals surface area (Å²) in [4.78, 5) is 11.3. The summed E-state index contributed by atoms with van der Waals surface area (Å²) < 4.78 is 10.9. The van der Waals surface area contributed by atoms with E-state index in [9.17, 15) is 9.90 Å². The lowest BCUT2D eigenvalue weighted by Crippen LogP contribution is -2.27. The molecular formula is C15H19NO4. The molecule has 2 atom stereocenters. The van der Waals surface area contributed by atoms with Crippen LogP contribution in [0.15, 0.2) is 18.2 Å². The van der Waals surface area contributed by atoms with Gasteiger partial charge in [0.2, 0.25) is 5.91 Å². The van der Waals surface area contributed by atoms with Crippen LogP contribution in [0.25, 0.3) is 0 Å². The van der Waals surface area contributed by atoms with Gasteiger partial charge in [-0.1, -0.05) is 0 Å². The minimum Gasteiger partial charge on any atom is -0.491 e. The van der Waals surface area contributed by atoms with Crippen LogP contribution in [0.4, 0.5) is 5.69 Å². The van der Waals surface area contributed by atoms with Gasteiger partial charge in [0.1, 0.15) is 12.4 Å². The molecule has 5 heteroatoms. The Bertz CT molecular complexity index is 497. The minimum atomic E-state index is -0.492. The molecule has 1 aromatic rings. The van der Waals surface area contributed by atoms with E-state index >= 15 is 0 Å². The van der Waals surface area contributed by atoms with E-state index < -0.39 is 6.10 Å². The van der Waals surface area contributed by atoms with E-state index in [-0.39, 0.29) is 18.4 Å². The molecule has 1 aromatic carbocycles. The SMILES string of the molecule is O=C1CCc2cc(OCC(O)C3CCOC3)ccc2N1. The summed E-state index contributed by atoms with van der Waals surface area (Å²) in [5.74, 6) is 0.965. The summed E-state index contributed by atoms with van der Waals surface area (Å²) in [6.45, 7) is 1.61. The highest BCUT2D eigenvalue weighted by Crippen LogP contribution is 2.27. The number of carbonyl (C=O) groups excluding carboxylic acids is 1. The molecule has 0 spiro atoms. The van der Waals surface area contributed by atoms with Crippen LogP contribution < -0.4 is 10.1 Å². The molecule has 3 rings (SSSR count). The van der Waals surface area contributed by atoms with Crippen molar-refractivity contribution in [2.45, 2.75) is 25.4 Å². The monoisotopic (exact) mass is 277 g/mol. The second-order valence-electron chi connectivity index (χ2n) is 5.37. The molecule has 0 saturated carbocycles. The lowest BCUT2D eigenvalue weighted by Gasteiger charge is -2.20. The first-order chi connectivity index (χ1) is 9.72. The number of carbonyl (C=O) groups is 1. The van der Waals surface area contributed by atoms with Crippen LogP contribution >= 0.6 is 0 Å². The number of aliphatic hydroxyl groups is 1. The molecule has 108 valence electrons. The first kappa shape index (κ1) is 13.4. The zero-order valence-corrected chi connectivity index (χ0v) is 11.3. The second-order valence-corrected chi connectivity index (χ2v) is 5.37. The minimum absolute atomic E-state index is 0.0582. The smallest absolute Gasteiger partial charge is 0.224 e. The van der Waals surface area contributed by atoms with Gasteiger partial charge in [-0.15, -0.1) is 0 Å². The number of nitrogens with one attached hydrogen (secondary N) is 1. The Morgan fingerprint density at radius 1 is 1.45 bits per heavy atom. The number of hydrogen-bond donors (Lipinski definition) is 2. The molecule has 0 bridgehead atoms. The third-order valence-electron chi connectivity index (χ3n) is 3.90. The van der Waals surface area contributed by atoms with Crippen molar-refractivity contribution < 1.29 is 19.4 Å². The Hall–Kier alpha value is -1.59. The largest absolute Gasteiger partial charge is 0.491 e. The van der Waals surface area contributed by atoms with Crippen molar-refractivity contribution in [3.05, 3.63) is 23.8 Å². The zero-order chi connectivity index (χ0) is 13.9. The number of ether oxygens (including phenoxy) is 2. The van der Waals surface area contributed by atoms with Crippen LogP contribution in [0.2, 0.25) is 0 Å². The van der Waals surface area contributed by atoms with Gasteiger partial charge in [-0.2, -0.15) is 0 Å². The van der Waals surface area contributed by atoms with Crippen LogP contribution in [0.5, 0.6) is 5.75 Å². The maximum absolute atomic E-state index is 11.3. The van der Waals surface area contributed by atoms with Crippen molar-refractivity contribution in [1.82, 2.24) is 0 Å². The molecule has 1 fully saturated rings. The highest BCUT2D eigenvalue weighted by Gasteiger charge is 2.24. The maximum Gasteiger partial charge on any atom is 0.224 e. The molecule has 5 nitrogen and oxygen atoms in total. The van der Waals surface area contributed by atoms with Crippen molar-refractivity contribution in [3.8, 4) is 5.75 Å². The van der Waals surface area contributed by atoms with Crippen LogP contribution in [0, 0.1) is 5.92 Å². The van der Waals surface area contributed by atoms with Crippen molar-refractivity contribution in [2.75, 3.05) is 25.1 Å². The number of benzene rings is 1. The average molecular weight is 277 g/mol. The van der Waals surface area contributed by atoms with E-state index in [4.69, 9.17) is 9.47 Å². The molecule has 1 amide bonds. The van der Waals surface area contributed by atoms with E-state index in [1.807, 2.05) is 18.2 Å². The Morgan fingerprint density at radius 3 is 3.15 bits per heavy atom. The van der Waals surface area contributed by atoms with Crippen molar-refractivity contribution in [1.29, 1.82) is 0 Å². The molecule has 0 aliphatic carbocycles. The Labute approximate surface area is 117 Å². The Balaban J connectivity index is 1.59. The molecule has 2 aliphatic heterocycles. The van der Waals surface area contributed by atoms with Crippen LogP contribution in [0.1, 0.15) is 18.4 Å². The molecule has 2 unspecified atom stereocenters. The molecule has 1 saturated heterocycles. The lowest BCUT2D eigenvalue weighted by atomic mass is 10.0. The topological polar surface area (TPSA) is 67.8 Å². The fourth-order valence-corrected chi connectivity index (χ4v) is 2.62. The van der Waals surface area contributed by atoms with E-state index in [1.165, 1.54) is 0 Å². The quantitative estimate of drug-likeness (QED) is 0.871. The third-order valence-corrected chi connectivity index (χ3v) is 3.90. The Morgan fingerprint density at radius 2 is 2.35 bits per heavy atom. The van der Waals surface area contributed by atoms with Crippen LogP contribution in [-0.2, 0) is 16.0 Å². The average Bonchev–Trinajstić information content (AvgIpc) is 2.99. The fourth-order valence-electron chi connectivity index (χ4n) is 2.62. The highest BCUT2D eigenvalue weighted by atomic mass is 16.5. The molecule has 2 aliphatic rings. The summed E-state index contributed by atoms with van der Waals surface area (Å²) in [6.07, 6.45) is 1.64. The molecule has 2 heterocycles. The zero-order valence-electron chi connectivity index (χ0n) is 11.3. The number of aliphatic hydroxyl groups excluding tert-OH is 1. The number of rotatable bonds is 4. The molecule has 0 aromatic heterocycles. The summed E-state index contributed by atoms with van der Waals surface area (Å²) >= 11 is 0. The number of amides is 1. The fraction of sp³-hybridized carbons (Fsp3) is 0.533. The van der Waals surface area contributed by atoms with Crippen molar-refractivity contribution in [2.24, 2.45) is 5.92 Å². The van der Waals surface area contributed by atoms with Gasteiger partial charge in [-0.05, 0) is 36.6 Å². The number of anilines is 1. The number of hydrogen-bond acceptors (Lipinski definition) is 4. The van der Waals surface area contributed by atoms with Gasteiger partial charge in [0, 0.05) is 24.6 Å². The van der Waals surface area contributed by atoms with Gasteiger partial charge in [0.05, 0.1) is 12.7 Å². The molecule has 2 N–H and O–H groups in total. The van der Waals surface area contributed by atoms with Gasteiger partial charge in [-0.3, -0.25) is 4.79 Å². The molecule has 0 radical (unpaired) electrons. The van der Waals surface area contributed by atoms with Crippen molar-refractivity contribution >= 4 is 11.6 Å². The number of aryl methyl sites for hydroxylation is 1. The van der Waals surface area contributed by atoms with E-state index in [0.717, 1.165) is 36.4 Å². The highest BCUT2D eigenvalue weighted by molar-refractivity contribution is 5.93. The first-order valence-electron chi connectivity index (χ1n) is 7.04. The first-order valence-corrected chi connectivity index (χ1v) is 7.04. The van der Waals surface area contributed by atoms with E-state index in [0.29, 0.717) is 13.0 Å². The van der Waals surface area contributed by atoms with Gasteiger partial charge >= 0.3 is 0 Å². The van der Waals surface area contributed by atoms with E-state index in [2.05, 4.69) is 5.32 Å². The van der Waals surface area contributed by atoms with Crippen LogP contribution in [0.3, 0.4) is 0 Å². The van der Waals surface area contributed by atoms with E-state index in [1.54, 1.807) is 0 Å². The summed E-state index contributed by atoms with van der Waals surface area (Å²) in [6, 6.07) is 5.61. The summed E-state index contributed by atoms with van der Waals surface area (Å²) in [5.41, 5.74) is 1.94. The van der Waals surface area contributed by atoms with Gasteiger partial charge in [0.15, 0.2) is 0 Å². The normalized spacial score (nSPS) is 23.1. The molecule has 20 heavy (non-hydrogen) atoms. The van der Waals surface area contributed by atoms with Crippen LogP contribution in [-0.4, -0.2) is 36.9 Å². The van der Waals surface area contributed by atoms with Gasteiger partial charge in [-0.25, -0.2) is 0 Å². The second kappa shape index (κ2) is 5.81. The summed E-state index contributed by atoms with van der Waals surface area (Å²) in [7, 11) is 0. The predicted octanol–water partition coefficient (Wildman–Crippen LogP) is 1.35. The molecular weight excluding hydrogens is 258 g/mol. The van der Waals surface area contributed by atoms with Crippen molar-refractivity contribution in [3.63, 3.8) is 0 Å². The van der Waals surface area contributed by atoms with Gasteiger partial charge < -0.3 is 19.9 Å².